The molecule has 21 heavy (non-hydrogen) atoms. The van der Waals surface area contributed by atoms with Crippen LogP contribution in [0.2, 0.25) is 0 Å². The molecule has 0 aliphatic carbocycles. The first kappa shape index (κ1) is 17.5. The van der Waals surface area contributed by atoms with Gasteiger partial charge in [0, 0.05) is 31.4 Å². The fourth-order valence-electron chi connectivity index (χ4n) is 2.09. The quantitative estimate of drug-likeness (QED) is 0.876. The van der Waals surface area contributed by atoms with Crippen LogP contribution in [0.1, 0.15) is 46.2 Å². The predicted octanol–water partition coefficient (Wildman–Crippen LogP) is 2.71. The predicted molar refractivity (Wildman–Crippen MR) is 89.7 cm³/mol. The minimum Gasteiger partial charge on any atom is -0.378 e. The van der Waals surface area contributed by atoms with Crippen LogP contribution in [0.25, 0.3) is 0 Å². The van der Waals surface area contributed by atoms with Gasteiger partial charge in [-0.25, -0.2) is 0 Å². The lowest BCUT2D eigenvalue weighted by Gasteiger charge is -2.26. The van der Waals surface area contributed by atoms with Crippen molar-refractivity contribution in [2.45, 2.75) is 52.2 Å². The van der Waals surface area contributed by atoms with Gasteiger partial charge < -0.3 is 10.2 Å². The maximum absolute atomic E-state index is 12.1. The summed E-state index contributed by atoms with van der Waals surface area (Å²) < 4.78 is 0. The molecule has 2 unspecified atom stereocenters. The molecule has 0 aliphatic heterocycles. The zero-order valence-electron chi connectivity index (χ0n) is 14.3. The molecular weight excluding hydrogens is 262 g/mol. The Kier molecular flexibility index (Phi) is 5.78. The van der Waals surface area contributed by atoms with E-state index < -0.39 is 0 Å². The lowest BCUT2D eigenvalue weighted by atomic mass is 10.1. The highest BCUT2D eigenvalue weighted by atomic mass is 16.2. The zero-order valence-corrected chi connectivity index (χ0v) is 14.3. The van der Waals surface area contributed by atoms with Crippen molar-refractivity contribution in [3.63, 3.8) is 0 Å². The Morgan fingerprint density at radius 1 is 1.10 bits per heavy atom. The minimum atomic E-state index is -0.229. The van der Waals surface area contributed by atoms with E-state index in [0.717, 1.165) is 0 Å². The summed E-state index contributed by atoms with van der Waals surface area (Å²) in [7, 11) is 4.05. The minimum absolute atomic E-state index is 0.0271. The molecule has 0 bridgehead atoms. The van der Waals surface area contributed by atoms with Crippen LogP contribution in [0.4, 0.5) is 5.69 Å². The number of anilines is 1. The van der Waals surface area contributed by atoms with Gasteiger partial charge >= 0.3 is 0 Å². The SMILES string of the molecule is CC(NC(C)c1ccc(N(C)C)cc1)C(=O)NC(C)(C)C. The molecule has 0 fully saturated rings. The number of rotatable bonds is 5. The number of nitrogens with zero attached hydrogens (tertiary/aromatic N) is 1. The third kappa shape index (κ3) is 5.76. The van der Waals surface area contributed by atoms with Gasteiger partial charge in [0.15, 0.2) is 0 Å². The highest BCUT2D eigenvalue weighted by Gasteiger charge is 2.20. The Morgan fingerprint density at radius 3 is 2.05 bits per heavy atom. The molecule has 0 aliphatic rings. The summed E-state index contributed by atoms with van der Waals surface area (Å²) in [5.41, 5.74) is 2.14. The molecule has 2 atom stereocenters. The van der Waals surface area contributed by atoms with Crippen LogP contribution in [0, 0.1) is 0 Å². The molecule has 4 nitrogen and oxygen atoms in total. The summed E-state index contributed by atoms with van der Waals surface area (Å²) in [4.78, 5) is 14.2. The van der Waals surface area contributed by atoms with Gasteiger partial charge in [-0.1, -0.05) is 12.1 Å². The monoisotopic (exact) mass is 291 g/mol. The molecule has 0 saturated heterocycles. The number of benzene rings is 1. The third-order valence-electron chi connectivity index (χ3n) is 3.30. The number of hydrogen-bond donors (Lipinski definition) is 2. The lowest BCUT2D eigenvalue weighted by molar-refractivity contribution is -0.124. The second kappa shape index (κ2) is 6.94. The topological polar surface area (TPSA) is 44.4 Å². The Bertz CT molecular complexity index is 460. The van der Waals surface area contributed by atoms with E-state index in [0.29, 0.717) is 0 Å². The highest BCUT2D eigenvalue weighted by Crippen LogP contribution is 2.18. The van der Waals surface area contributed by atoms with E-state index in [9.17, 15) is 4.79 Å². The van der Waals surface area contributed by atoms with Gasteiger partial charge in [-0.05, 0) is 52.3 Å². The van der Waals surface area contributed by atoms with E-state index in [1.54, 1.807) is 0 Å². The number of amides is 1. The average Bonchev–Trinajstić information content (AvgIpc) is 2.36. The summed E-state index contributed by atoms with van der Waals surface area (Å²) in [5.74, 6) is 0.0271. The number of hydrogen-bond acceptors (Lipinski definition) is 3. The van der Waals surface area contributed by atoms with Crippen LogP contribution >= 0.6 is 0 Å². The number of carbonyl (C=O) groups is 1. The van der Waals surface area contributed by atoms with E-state index in [1.165, 1.54) is 11.3 Å². The van der Waals surface area contributed by atoms with Crippen molar-refractivity contribution >= 4 is 11.6 Å². The first-order chi connectivity index (χ1) is 9.60. The van der Waals surface area contributed by atoms with Crippen LogP contribution in [0.5, 0.6) is 0 Å². The summed E-state index contributed by atoms with van der Waals surface area (Å²) in [6.45, 7) is 9.93. The zero-order chi connectivity index (χ0) is 16.2. The van der Waals surface area contributed by atoms with Crippen molar-refractivity contribution < 1.29 is 4.79 Å². The molecule has 1 aromatic rings. The number of nitrogens with one attached hydrogen (secondary N) is 2. The largest absolute Gasteiger partial charge is 0.378 e. The Hall–Kier alpha value is -1.55. The normalized spacial score (nSPS) is 14.4. The fourth-order valence-corrected chi connectivity index (χ4v) is 2.09. The smallest absolute Gasteiger partial charge is 0.237 e. The Morgan fingerprint density at radius 2 is 1.62 bits per heavy atom. The fraction of sp³-hybridized carbons (Fsp3) is 0.588. The van der Waals surface area contributed by atoms with Crippen LogP contribution in [-0.4, -0.2) is 31.6 Å². The van der Waals surface area contributed by atoms with E-state index >= 15 is 0 Å². The lowest BCUT2D eigenvalue weighted by Crippen LogP contribution is -2.49. The standard InChI is InChI=1S/C17H29N3O/c1-12(14-8-10-15(11-9-14)20(6)7)18-13(2)16(21)19-17(3,4)5/h8-13,18H,1-7H3,(H,19,21). The molecule has 118 valence electrons. The highest BCUT2D eigenvalue weighted by molar-refractivity contribution is 5.82. The summed E-state index contributed by atoms with van der Waals surface area (Å²) in [5, 5.41) is 6.33. The van der Waals surface area contributed by atoms with E-state index in [4.69, 9.17) is 0 Å². The summed E-state index contributed by atoms with van der Waals surface area (Å²) in [6.07, 6.45) is 0. The molecule has 0 radical (unpaired) electrons. The van der Waals surface area contributed by atoms with Gasteiger partial charge in [-0.3, -0.25) is 10.1 Å². The Labute approximate surface area is 128 Å². The van der Waals surface area contributed by atoms with Gasteiger partial charge in [0.1, 0.15) is 0 Å². The van der Waals surface area contributed by atoms with Gasteiger partial charge in [-0.2, -0.15) is 0 Å². The van der Waals surface area contributed by atoms with Gasteiger partial charge in [0.2, 0.25) is 5.91 Å². The molecule has 0 heterocycles. The van der Waals surface area contributed by atoms with E-state index in [1.807, 2.05) is 41.8 Å². The van der Waals surface area contributed by atoms with Crippen molar-refractivity contribution in [1.82, 2.24) is 10.6 Å². The molecular formula is C17H29N3O. The van der Waals surface area contributed by atoms with Crippen molar-refractivity contribution in [3.05, 3.63) is 29.8 Å². The van der Waals surface area contributed by atoms with Crippen molar-refractivity contribution in [1.29, 1.82) is 0 Å². The second-order valence-corrected chi connectivity index (χ2v) is 6.84. The molecule has 1 rings (SSSR count). The summed E-state index contributed by atoms with van der Waals surface area (Å²) in [6, 6.07) is 8.28. The molecule has 1 aromatic carbocycles. The Balaban J connectivity index is 2.63. The number of carbonyl (C=O) groups excluding carboxylic acids is 1. The third-order valence-corrected chi connectivity index (χ3v) is 3.30. The molecule has 0 aromatic heterocycles. The van der Waals surface area contributed by atoms with E-state index in [2.05, 4.69) is 46.7 Å². The molecule has 0 saturated carbocycles. The average molecular weight is 291 g/mol. The molecule has 1 amide bonds. The van der Waals surface area contributed by atoms with Gasteiger partial charge in [0.25, 0.3) is 0 Å². The maximum Gasteiger partial charge on any atom is 0.237 e. The first-order valence-corrected chi connectivity index (χ1v) is 7.45. The summed E-state index contributed by atoms with van der Waals surface area (Å²) >= 11 is 0. The molecule has 2 N–H and O–H groups in total. The van der Waals surface area contributed by atoms with E-state index in [-0.39, 0.29) is 23.5 Å². The van der Waals surface area contributed by atoms with Crippen LogP contribution in [-0.2, 0) is 4.79 Å². The van der Waals surface area contributed by atoms with Crippen molar-refractivity contribution in [2.75, 3.05) is 19.0 Å². The van der Waals surface area contributed by atoms with Crippen LogP contribution in [0.3, 0.4) is 0 Å². The van der Waals surface area contributed by atoms with Gasteiger partial charge in [-0.15, -0.1) is 0 Å². The first-order valence-electron chi connectivity index (χ1n) is 7.45. The van der Waals surface area contributed by atoms with Gasteiger partial charge in [0.05, 0.1) is 6.04 Å². The second-order valence-electron chi connectivity index (χ2n) is 6.84. The van der Waals surface area contributed by atoms with Crippen LogP contribution in [0.15, 0.2) is 24.3 Å². The van der Waals surface area contributed by atoms with Crippen LogP contribution < -0.4 is 15.5 Å². The molecule has 4 heteroatoms. The van der Waals surface area contributed by atoms with Crippen molar-refractivity contribution in [2.24, 2.45) is 0 Å². The van der Waals surface area contributed by atoms with Crippen molar-refractivity contribution in [3.8, 4) is 0 Å². The molecule has 0 spiro atoms. The maximum atomic E-state index is 12.1.